The zero-order valence-corrected chi connectivity index (χ0v) is 22.5. The summed E-state index contributed by atoms with van der Waals surface area (Å²) in [7, 11) is -2.59. The molecular formula is C29H28N2O5S2. The van der Waals surface area contributed by atoms with Crippen molar-refractivity contribution >= 4 is 33.0 Å². The molecule has 3 aromatic carbocycles. The minimum atomic E-state index is -3.94. The van der Waals surface area contributed by atoms with E-state index in [0.29, 0.717) is 16.8 Å². The fourth-order valence-corrected chi connectivity index (χ4v) is 7.21. The molecule has 0 saturated heterocycles. The number of sulfonamides is 1. The summed E-state index contributed by atoms with van der Waals surface area (Å²) in [4.78, 5) is 15.6. The molecule has 2 N–H and O–H groups in total. The summed E-state index contributed by atoms with van der Waals surface area (Å²) in [6.07, 6.45) is 6.00. The van der Waals surface area contributed by atoms with Crippen LogP contribution < -0.4 is 9.46 Å². The van der Waals surface area contributed by atoms with E-state index in [-0.39, 0.29) is 21.2 Å². The van der Waals surface area contributed by atoms with Crippen LogP contribution in [0.15, 0.2) is 83.2 Å². The van der Waals surface area contributed by atoms with Gasteiger partial charge in [0.05, 0.1) is 24.6 Å². The molecule has 7 nitrogen and oxygen atoms in total. The molecule has 1 heterocycles. The minimum absolute atomic E-state index is 0.00226. The molecule has 0 atom stereocenters. The fourth-order valence-electron chi connectivity index (χ4n) is 5.00. The Balaban J connectivity index is 1.26. The first-order chi connectivity index (χ1) is 18.3. The summed E-state index contributed by atoms with van der Waals surface area (Å²) in [6.45, 7) is 0. The number of nitrogens with zero attached hydrogens (tertiary/aromatic N) is 1. The zero-order chi connectivity index (χ0) is 26.7. The van der Waals surface area contributed by atoms with Crippen LogP contribution in [0, 0.1) is 0 Å². The Morgan fingerprint density at radius 2 is 1.58 bits per heavy atom. The predicted molar refractivity (Wildman–Crippen MR) is 149 cm³/mol. The molecule has 196 valence electrons. The molecule has 1 aliphatic rings. The lowest BCUT2D eigenvalue weighted by Crippen LogP contribution is -2.12. The topological polar surface area (TPSA) is 106 Å². The van der Waals surface area contributed by atoms with Gasteiger partial charge in [0.2, 0.25) is 0 Å². The molecule has 1 aromatic heterocycles. The zero-order valence-electron chi connectivity index (χ0n) is 20.8. The van der Waals surface area contributed by atoms with Gasteiger partial charge in [-0.1, -0.05) is 54.6 Å². The number of aromatic carboxylic acids is 1. The second-order valence-corrected chi connectivity index (χ2v) is 12.3. The maximum atomic E-state index is 13.0. The highest BCUT2D eigenvalue weighted by molar-refractivity contribution is 7.94. The van der Waals surface area contributed by atoms with Gasteiger partial charge in [-0.3, -0.25) is 4.72 Å². The Kier molecular flexibility index (Phi) is 7.49. The molecule has 0 radical (unpaired) electrons. The van der Waals surface area contributed by atoms with Gasteiger partial charge in [-0.05, 0) is 66.8 Å². The Labute approximate surface area is 226 Å². The highest BCUT2D eigenvalue weighted by Crippen LogP contribution is 2.41. The number of benzene rings is 3. The molecule has 0 bridgehead atoms. The van der Waals surface area contributed by atoms with Crippen molar-refractivity contribution in [2.24, 2.45) is 0 Å². The second kappa shape index (κ2) is 11.0. The van der Waals surface area contributed by atoms with Crippen molar-refractivity contribution in [1.82, 2.24) is 4.98 Å². The number of ether oxygens (including phenoxy) is 1. The first-order valence-electron chi connectivity index (χ1n) is 12.4. The average molecular weight is 549 g/mol. The van der Waals surface area contributed by atoms with E-state index >= 15 is 0 Å². The van der Waals surface area contributed by atoms with Gasteiger partial charge in [0, 0.05) is 5.56 Å². The molecule has 1 aliphatic carbocycles. The average Bonchev–Trinajstić information content (AvgIpc) is 3.45. The minimum Gasteiger partial charge on any atom is -0.495 e. The number of rotatable bonds is 8. The number of carboxylic acid groups (broad SMARTS) is 1. The van der Waals surface area contributed by atoms with E-state index in [1.54, 1.807) is 0 Å². The van der Waals surface area contributed by atoms with E-state index in [0.717, 1.165) is 29.7 Å². The highest BCUT2D eigenvalue weighted by Gasteiger charge is 2.24. The first kappa shape index (κ1) is 25.9. The van der Waals surface area contributed by atoms with Crippen LogP contribution >= 0.6 is 11.3 Å². The van der Waals surface area contributed by atoms with E-state index in [1.807, 2.05) is 12.1 Å². The first-order valence-corrected chi connectivity index (χ1v) is 14.7. The molecule has 1 saturated carbocycles. The Hall–Kier alpha value is -3.69. The van der Waals surface area contributed by atoms with E-state index < -0.39 is 16.0 Å². The summed E-state index contributed by atoms with van der Waals surface area (Å²) in [5.41, 5.74) is 3.75. The number of carboxylic acids is 1. The number of carbonyl (C=O) groups is 1. The molecule has 0 amide bonds. The monoisotopic (exact) mass is 548 g/mol. The van der Waals surface area contributed by atoms with Crippen LogP contribution in [0.5, 0.6) is 5.75 Å². The van der Waals surface area contributed by atoms with Crippen LogP contribution in [-0.2, 0) is 10.0 Å². The van der Waals surface area contributed by atoms with Crippen LogP contribution in [-0.4, -0.2) is 31.6 Å². The van der Waals surface area contributed by atoms with Crippen LogP contribution in [0.2, 0.25) is 0 Å². The Bertz CT molecular complexity index is 1520. The second-order valence-electron chi connectivity index (χ2n) is 9.39. The summed E-state index contributed by atoms with van der Waals surface area (Å²) in [5, 5.41) is 9.77. The number of anilines is 1. The van der Waals surface area contributed by atoms with Gasteiger partial charge in [-0.25, -0.2) is 18.2 Å². The summed E-state index contributed by atoms with van der Waals surface area (Å²) < 4.78 is 33.7. The molecule has 0 aliphatic heterocycles. The van der Waals surface area contributed by atoms with Gasteiger partial charge in [0.15, 0.2) is 4.21 Å². The predicted octanol–water partition coefficient (Wildman–Crippen LogP) is 6.76. The highest BCUT2D eigenvalue weighted by atomic mass is 32.2. The normalized spacial score (nSPS) is 17.6. The lowest BCUT2D eigenvalue weighted by atomic mass is 9.76. The van der Waals surface area contributed by atoms with Crippen molar-refractivity contribution in [2.45, 2.75) is 41.7 Å². The Morgan fingerprint density at radius 3 is 2.18 bits per heavy atom. The standard InChI is InChI=1S/C29H28N2O5S2/c1-36-26-17-24(29(32)33)15-16-25(26)31-38(34,35)27-18-30-28(37-27)23-13-11-22(12-14-23)21-9-7-20(8-10-21)19-5-3-2-4-6-19/h2-6,11-18,20-21,31H,7-10H2,1H3,(H,32,33). The smallest absolute Gasteiger partial charge is 0.335 e. The van der Waals surface area contributed by atoms with E-state index in [2.05, 4.69) is 52.2 Å². The molecular weight excluding hydrogens is 520 g/mol. The number of nitrogens with one attached hydrogen (secondary N) is 1. The van der Waals surface area contributed by atoms with Gasteiger partial charge in [0.1, 0.15) is 10.8 Å². The molecule has 5 rings (SSSR count). The maximum Gasteiger partial charge on any atom is 0.335 e. The number of hydrogen-bond acceptors (Lipinski definition) is 6. The van der Waals surface area contributed by atoms with Gasteiger partial charge < -0.3 is 9.84 Å². The third kappa shape index (κ3) is 5.58. The van der Waals surface area contributed by atoms with E-state index in [4.69, 9.17) is 9.84 Å². The molecule has 38 heavy (non-hydrogen) atoms. The lowest BCUT2D eigenvalue weighted by molar-refractivity contribution is 0.0696. The van der Waals surface area contributed by atoms with Crippen molar-refractivity contribution < 1.29 is 23.1 Å². The quantitative estimate of drug-likeness (QED) is 0.252. The lowest BCUT2D eigenvalue weighted by Gasteiger charge is -2.29. The van der Waals surface area contributed by atoms with Crippen molar-refractivity contribution in [3.05, 3.63) is 95.7 Å². The van der Waals surface area contributed by atoms with E-state index in [9.17, 15) is 13.2 Å². The van der Waals surface area contributed by atoms with Crippen LogP contribution in [0.4, 0.5) is 5.69 Å². The van der Waals surface area contributed by atoms with Gasteiger partial charge >= 0.3 is 5.97 Å². The van der Waals surface area contributed by atoms with Crippen LogP contribution in [0.3, 0.4) is 0 Å². The third-order valence-electron chi connectivity index (χ3n) is 7.07. The Morgan fingerprint density at radius 1 is 0.947 bits per heavy atom. The molecule has 0 spiro atoms. The maximum absolute atomic E-state index is 13.0. The van der Waals surface area contributed by atoms with Crippen molar-refractivity contribution in [2.75, 3.05) is 11.8 Å². The third-order valence-corrected chi connectivity index (χ3v) is 9.94. The van der Waals surface area contributed by atoms with Crippen molar-refractivity contribution in [3.8, 4) is 16.3 Å². The largest absolute Gasteiger partial charge is 0.495 e. The molecule has 0 unspecified atom stereocenters. The molecule has 9 heteroatoms. The summed E-state index contributed by atoms with van der Waals surface area (Å²) in [6, 6.07) is 23.0. The number of hydrogen-bond donors (Lipinski definition) is 2. The van der Waals surface area contributed by atoms with Crippen molar-refractivity contribution in [1.29, 1.82) is 0 Å². The van der Waals surface area contributed by atoms with E-state index in [1.165, 1.54) is 55.5 Å². The molecule has 4 aromatic rings. The van der Waals surface area contributed by atoms with Gasteiger partial charge in [-0.15, -0.1) is 11.3 Å². The number of methoxy groups -OCH3 is 1. The van der Waals surface area contributed by atoms with Crippen LogP contribution in [0.25, 0.3) is 10.6 Å². The van der Waals surface area contributed by atoms with Gasteiger partial charge in [0.25, 0.3) is 10.0 Å². The summed E-state index contributed by atoms with van der Waals surface area (Å²) >= 11 is 1.08. The SMILES string of the molecule is COc1cc(C(=O)O)ccc1NS(=O)(=O)c1cnc(-c2ccc(C3CCC(c4ccccc4)CC3)cc2)s1. The van der Waals surface area contributed by atoms with Crippen LogP contribution in [0.1, 0.15) is 59.0 Å². The number of thiazole rings is 1. The molecule has 1 fully saturated rings. The summed E-state index contributed by atoms with van der Waals surface area (Å²) in [5.74, 6) is 0.149. The fraction of sp³-hybridized carbons (Fsp3) is 0.241. The number of aromatic nitrogens is 1. The van der Waals surface area contributed by atoms with Gasteiger partial charge in [-0.2, -0.15) is 0 Å². The van der Waals surface area contributed by atoms with Crippen molar-refractivity contribution in [3.63, 3.8) is 0 Å².